The van der Waals surface area contributed by atoms with E-state index in [-0.39, 0.29) is 11.9 Å². The lowest BCUT2D eigenvalue weighted by atomic mass is 10.0. The van der Waals surface area contributed by atoms with E-state index >= 15 is 0 Å². The Balaban J connectivity index is 1.59. The van der Waals surface area contributed by atoms with Gasteiger partial charge in [-0.2, -0.15) is 0 Å². The van der Waals surface area contributed by atoms with Gasteiger partial charge in [-0.15, -0.1) is 0 Å². The summed E-state index contributed by atoms with van der Waals surface area (Å²) >= 11 is 0. The van der Waals surface area contributed by atoms with Crippen molar-refractivity contribution in [1.29, 1.82) is 0 Å². The zero-order valence-electron chi connectivity index (χ0n) is 17.7. The quantitative estimate of drug-likeness (QED) is 0.379. The molecule has 1 heterocycles. The maximum atomic E-state index is 13.3. The number of carbonyl (C=O) groups excluding carboxylic acids is 1. The molecule has 1 aromatic heterocycles. The van der Waals surface area contributed by atoms with Gasteiger partial charge in [0.15, 0.2) is 0 Å². The van der Waals surface area contributed by atoms with E-state index in [0.717, 1.165) is 22.3 Å². The summed E-state index contributed by atoms with van der Waals surface area (Å²) in [7, 11) is 0. The molecule has 0 fully saturated rings. The number of amides is 1. The van der Waals surface area contributed by atoms with Crippen LogP contribution >= 0.6 is 0 Å². The van der Waals surface area contributed by atoms with Crippen LogP contribution in [0.5, 0.6) is 5.75 Å². The minimum atomic E-state index is -0.570. The minimum absolute atomic E-state index is 0.165. The van der Waals surface area contributed by atoms with Crippen molar-refractivity contribution >= 4 is 22.6 Å². The molecule has 1 amide bonds. The van der Waals surface area contributed by atoms with E-state index in [4.69, 9.17) is 9.15 Å². The highest BCUT2D eigenvalue weighted by Gasteiger charge is 2.25. The highest BCUT2D eigenvalue weighted by Crippen LogP contribution is 2.28. The Morgan fingerprint density at radius 2 is 1.68 bits per heavy atom. The molecule has 2 N–H and O–H groups in total. The summed E-state index contributed by atoms with van der Waals surface area (Å²) in [5.74, 6) is 1.27. The molecular weight excluding hydrogens is 388 g/mol. The number of fused-ring (bicyclic) bond motifs is 1. The predicted molar refractivity (Wildman–Crippen MR) is 123 cm³/mol. The molecule has 0 bridgehead atoms. The van der Waals surface area contributed by atoms with Gasteiger partial charge in [0.05, 0.1) is 18.3 Å². The molecule has 0 aliphatic rings. The molecule has 4 aromatic rings. The molecule has 0 spiro atoms. The van der Waals surface area contributed by atoms with Crippen molar-refractivity contribution in [2.75, 3.05) is 11.9 Å². The Kier molecular flexibility index (Phi) is 6.34. The van der Waals surface area contributed by atoms with Crippen molar-refractivity contribution in [3.05, 3.63) is 96.3 Å². The smallest absolute Gasteiger partial charge is 0.246 e. The van der Waals surface area contributed by atoms with E-state index in [1.54, 1.807) is 0 Å². The number of anilines is 1. The first-order valence-electron chi connectivity index (χ1n) is 10.5. The van der Waals surface area contributed by atoms with E-state index in [1.807, 2.05) is 98.8 Å². The van der Waals surface area contributed by atoms with Crippen molar-refractivity contribution in [3.63, 3.8) is 0 Å². The summed E-state index contributed by atoms with van der Waals surface area (Å²) in [6.07, 6.45) is 0. The molecule has 4 rings (SSSR count). The van der Waals surface area contributed by atoms with Crippen LogP contribution in [0.25, 0.3) is 11.0 Å². The molecule has 5 heteroatoms. The van der Waals surface area contributed by atoms with Crippen LogP contribution in [0.15, 0.2) is 89.3 Å². The third-order valence-electron chi connectivity index (χ3n) is 5.13. The van der Waals surface area contributed by atoms with Gasteiger partial charge < -0.3 is 14.5 Å². The molecule has 158 valence electrons. The van der Waals surface area contributed by atoms with Crippen LogP contribution in [0, 0.1) is 0 Å². The van der Waals surface area contributed by atoms with Crippen LogP contribution in [0.3, 0.4) is 0 Å². The van der Waals surface area contributed by atoms with E-state index in [1.165, 1.54) is 0 Å². The minimum Gasteiger partial charge on any atom is -0.492 e. The topological polar surface area (TPSA) is 63.5 Å². The molecule has 2 atom stereocenters. The third-order valence-corrected chi connectivity index (χ3v) is 5.13. The monoisotopic (exact) mass is 414 g/mol. The standard InChI is InChI=1S/C26H26N2O3/c1-3-30-23-16-10-8-14-21(23)28-26(29)25(19-11-5-4-6-12-19)27-18(2)24-17-20-13-7-9-15-22(20)31-24/h4-18,25,27H,3H2,1-2H3,(H,28,29). The first-order chi connectivity index (χ1) is 15.2. The molecule has 2 unspecified atom stereocenters. The third kappa shape index (κ3) is 4.78. The molecule has 5 nitrogen and oxygen atoms in total. The van der Waals surface area contributed by atoms with Crippen LogP contribution in [0.2, 0.25) is 0 Å². The number of carbonyl (C=O) groups is 1. The fourth-order valence-electron chi connectivity index (χ4n) is 3.57. The second-order valence-electron chi connectivity index (χ2n) is 7.34. The zero-order valence-corrected chi connectivity index (χ0v) is 17.7. The highest BCUT2D eigenvalue weighted by atomic mass is 16.5. The van der Waals surface area contributed by atoms with Crippen LogP contribution in [-0.4, -0.2) is 12.5 Å². The molecule has 0 radical (unpaired) electrons. The van der Waals surface area contributed by atoms with Gasteiger partial charge in [0, 0.05) is 5.39 Å². The second kappa shape index (κ2) is 9.49. The van der Waals surface area contributed by atoms with Gasteiger partial charge in [0.1, 0.15) is 23.1 Å². The van der Waals surface area contributed by atoms with E-state index in [2.05, 4.69) is 10.6 Å². The molecule has 0 saturated heterocycles. The molecule has 0 saturated carbocycles. The largest absolute Gasteiger partial charge is 0.492 e. The predicted octanol–water partition coefficient (Wildman–Crippen LogP) is 5.86. The fourth-order valence-corrected chi connectivity index (χ4v) is 3.57. The lowest BCUT2D eigenvalue weighted by molar-refractivity contribution is -0.118. The number of nitrogens with one attached hydrogen (secondary N) is 2. The Morgan fingerprint density at radius 1 is 0.968 bits per heavy atom. The van der Waals surface area contributed by atoms with Crippen LogP contribution in [-0.2, 0) is 4.79 Å². The van der Waals surface area contributed by atoms with Crippen molar-refractivity contribution in [2.24, 2.45) is 0 Å². The summed E-state index contributed by atoms with van der Waals surface area (Å²) in [6.45, 7) is 4.44. The average Bonchev–Trinajstić information content (AvgIpc) is 3.24. The molecular formula is C26H26N2O3. The summed E-state index contributed by atoms with van der Waals surface area (Å²) in [5.41, 5.74) is 2.35. The van der Waals surface area contributed by atoms with Crippen LogP contribution in [0.4, 0.5) is 5.69 Å². The lowest BCUT2D eigenvalue weighted by Gasteiger charge is -2.23. The van der Waals surface area contributed by atoms with Gasteiger partial charge in [-0.05, 0) is 43.7 Å². The molecule has 3 aromatic carbocycles. The van der Waals surface area contributed by atoms with Crippen molar-refractivity contribution in [2.45, 2.75) is 25.9 Å². The normalized spacial score (nSPS) is 13.0. The maximum Gasteiger partial charge on any atom is 0.246 e. The Morgan fingerprint density at radius 3 is 2.45 bits per heavy atom. The number of rotatable bonds is 8. The number of benzene rings is 3. The summed E-state index contributed by atoms with van der Waals surface area (Å²) in [6, 6.07) is 26.3. The van der Waals surface area contributed by atoms with E-state index in [0.29, 0.717) is 18.0 Å². The highest BCUT2D eigenvalue weighted by molar-refractivity contribution is 5.96. The fraction of sp³-hybridized carbons (Fsp3) is 0.192. The second-order valence-corrected chi connectivity index (χ2v) is 7.34. The zero-order chi connectivity index (χ0) is 21.6. The van der Waals surface area contributed by atoms with Gasteiger partial charge in [0.2, 0.25) is 5.91 Å². The summed E-state index contributed by atoms with van der Waals surface area (Å²) < 4.78 is 11.7. The summed E-state index contributed by atoms with van der Waals surface area (Å²) in [5, 5.41) is 7.50. The first kappa shape index (κ1) is 20.7. The maximum absolute atomic E-state index is 13.3. The lowest BCUT2D eigenvalue weighted by Crippen LogP contribution is -2.34. The number of hydrogen-bond acceptors (Lipinski definition) is 4. The van der Waals surface area contributed by atoms with Gasteiger partial charge in [-0.25, -0.2) is 0 Å². The van der Waals surface area contributed by atoms with E-state index in [9.17, 15) is 4.79 Å². The van der Waals surface area contributed by atoms with E-state index < -0.39 is 6.04 Å². The Bertz CT molecular complexity index is 1120. The Labute approximate surface area is 182 Å². The number of ether oxygens (including phenoxy) is 1. The van der Waals surface area contributed by atoms with Gasteiger partial charge in [0.25, 0.3) is 0 Å². The number of para-hydroxylation sites is 3. The average molecular weight is 415 g/mol. The van der Waals surface area contributed by atoms with Gasteiger partial charge >= 0.3 is 0 Å². The Hall–Kier alpha value is -3.57. The van der Waals surface area contributed by atoms with Crippen molar-refractivity contribution in [1.82, 2.24) is 5.32 Å². The SMILES string of the molecule is CCOc1ccccc1NC(=O)C(NC(C)c1cc2ccccc2o1)c1ccccc1. The van der Waals surface area contributed by atoms with Gasteiger partial charge in [-0.1, -0.05) is 60.7 Å². The number of hydrogen-bond donors (Lipinski definition) is 2. The van der Waals surface area contributed by atoms with Crippen LogP contribution < -0.4 is 15.4 Å². The van der Waals surface area contributed by atoms with Gasteiger partial charge in [-0.3, -0.25) is 10.1 Å². The number of furan rings is 1. The first-order valence-corrected chi connectivity index (χ1v) is 10.5. The molecule has 0 aliphatic carbocycles. The van der Waals surface area contributed by atoms with Crippen LogP contribution in [0.1, 0.15) is 37.3 Å². The van der Waals surface area contributed by atoms with Crippen molar-refractivity contribution < 1.29 is 13.9 Å². The van der Waals surface area contributed by atoms with Crippen molar-refractivity contribution in [3.8, 4) is 5.75 Å². The summed E-state index contributed by atoms with van der Waals surface area (Å²) in [4.78, 5) is 13.3. The molecule has 0 aliphatic heterocycles. The molecule has 31 heavy (non-hydrogen) atoms.